The average Bonchev–Trinajstić information content (AvgIpc) is 2.25. The van der Waals surface area contributed by atoms with Crippen molar-refractivity contribution in [1.82, 2.24) is 10.3 Å². The van der Waals surface area contributed by atoms with Crippen LogP contribution in [0.5, 0.6) is 0 Å². The Kier molecular flexibility index (Phi) is 2.42. The molecule has 13 heavy (non-hydrogen) atoms. The molecule has 0 saturated heterocycles. The van der Waals surface area contributed by atoms with E-state index in [9.17, 15) is 0 Å². The van der Waals surface area contributed by atoms with E-state index in [4.69, 9.17) is 0 Å². The molecule has 1 aromatic heterocycles. The molecule has 0 aromatic carbocycles. The largest absolute Gasteiger partial charge is 0.307 e. The lowest BCUT2D eigenvalue weighted by atomic mass is 10.2. The first-order valence-corrected chi connectivity index (χ1v) is 4.94. The summed E-state index contributed by atoms with van der Waals surface area (Å²) in [4.78, 5) is 8.66. The van der Waals surface area contributed by atoms with Crippen molar-refractivity contribution in [3.63, 3.8) is 0 Å². The summed E-state index contributed by atoms with van der Waals surface area (Å²) in [5.74, 6) is 0.839. The second kappa shape index (κ2) is 3.55. The molecular formula is C9H10BrN3. The molecule has 2 heterocycles. The van der Waals surface area contributed by atoms with Gasteiger partial charge in [0.15, 0.2) is 5.82 Å². The zero-order valence-corrected chi connectivity index (χ0v) is 8.93. The second-order valence-corrected chi connectivity index (χ2v) is 4.00. The molecule has 1 aliphatic rings. The summed E-state index contributed by atoms with van der Waals surface area (Å²) in [5, 5.41) is 3.29. The first-order chi connectivity index (χ1) is 6.25. The van der Waals surface area contributed by atoms with Gasteiger partial charge in [0, 0.05) is 35.0 Å². The first kappa shape index (κ1) is 8.84. The highest BCUT2D eigenvalue weighted by Crippen LogP contribution is 2.21. The molecule has 4 heteroatoms. The smallest absolute Gasteiger partial charge is 0.156 e. The van der Waals surface area contributed by atoms with Crippen molar-refractivity contribution < 1.29 is 0 Å². The van der Waals surface area contributed by atoms with Crippen molar-refractivity contribution in [3.8, 4) is 0 Å². The highest BCUT2D eigenvalue weighted by molar-refractivity contribution is 9.10. The number of nitrogens with zero attached hydrogens (tertiary/aromatic N) is 2. The Hall–Kier alpha value is -0.740. The molecule has 0 amide bonds. The van der Waals surface area contributed by atoms with Crippen LogP contribution < -0.4 is 5.32 Å². The Morgan fingerprint density at radius 1 is 1.46 bits per heavy atom. The standard InChI is InChI=1S/C9H10BrN3/c1-6-3-11-4-7-2-8(10)5-12-9(7)13-6/h2,5,11H,3-4H2,1H3. The lowest BCUT2D eigenvalue weighted by Gasteiger charge is -2.01. The zero-order valence-electron chi connectivity index (χ0n) is 7.34. The summed E-state index contributed by atoms with van der Waals surface area (Å²) in [7, 11) is 0. The van der Waals surface area contributed by atoms with Crippen LogP contribution >= 0.6 is 15.9 Å². The maximum absolute atomic E-state index is 4.40. The van der Waals surface area contributed by atoms with Gasteiger partial charge in [-0.3, -0.25) is 0 Å². The van der Waals surface area contributed by atoms with Crippen LogP contribution in [0.1, 0.15) is 12.5 Å². The van der Waals surface area contributed by atoms with Crippen molar-refractivity contribution in [1.29, 1.82) is 0 Å². The van der Waals surface area contributed by atoms with E-state index in [2.05, 4.69) is 37.3 Å². The SMILES string of the molecule is CC1=Nc2ncc(Br)cc2CNC1. The summed E-state index contributed by atoms with van der Waals surface area (Å²) >= 11 is 3.39. The number of nitrogens with one attached hydrogen (secondary N) is 1. The fourth-order valence-electron chi connectivity index (χ4n) is 1.30. The van der Waals surface area contributed by atoms with Crippen molar-refractivity contribution in [3.05, 3.63) is 22.3 Å². The van der Waals surface area contributed by atoms with Gasteiger partial charge in [0.1, 0.15) is 0 Å². The van der Waals surface area contributed by atoms with Gasteiger partial charge in [-0.15, -0.1) is 0 Å². The molecule has 0 aliphatic carbocycles. The monoisotopic (exact) mass is 239 g/mol. The molecule has 3 nitrogen and oxygen atoms in total. The normalized spacial score (nSPS) is 16.0. The third kappa shape index (κ3) is 1.95. The number of rotatable bonds is 0. The molecule has 0 bridgehead atoms. The van der Waals surface area contributed by atoms with Crippen LogP contribution in [0.4, 0.5) is 5.82 Å². The third-order valence-corrected chi connectivity index (χ3v) is 2.34. The fraction of sp³-hybridized carbons (Fsp3) is 0.333. The Balaban J connectivity index is 2.48. The van der Waals surface area contributed by atoms with Crippen LogP contribution in [0.3, 0.4) is 0 Å². The molecule has 0 unspecified atom stereocenters. The summed E-state index contributed by atoms with van der Waals surface area (Å²) in [6, 6.07) is 2.05. The fourth-order valence-corrected chi connectivity index (χ4v) is 1.68. The van der Waals surface area contributed by atoms with Crippen LogP contribution in [0.2, 0.25) is 0 Å². The molecule has 1 aromatic rings. The minimum absolute atomic E-state index is 0.836. The molecule has 0 atom stereocenters. The van der Waals surface area contributed by atoms with E-state index in [1.807, 2.05) is 6.92 Å². The lowest BCUT2D eigenvalue weighted by Crippen LogP contribution is -2.18. The molecule has 68 valence electrons. The van der Waals surface area contributed by atoms with Crippen molar-refractivity contribution in [2.75, 3.05) is 6.54 Å². The maximum Gasteiger partial charge on any atom is 0.156 e. The van der Waals surface area contributed by atoms with Crippen LogP contribution in [-0.2, 0) is 6.54 Å². The van der Waals surface area contributed by atoms with Gasteiger partial charge in [-0.05, 0) is 28.9 Å². The number of pyridine rings is 1. The number of hydrogen-bond donors (Lipinski definition) is 1. The Bertz CT molecular complexity index is 360. The molecule has 0 spiro atoms. The number of aliphatic imine (C=N–C) groups is 1. The Morgan fingerprint density at radius 3 is 3.15 bits per heavy atom. The number of fused-ring (bicyclic) bond motifs is 1. The van der Waals surface area contributed by atoms with Gasteiger partial charge in [-0.1, -0.05) is 0 Å². The third-order valence-electron chi connectivity index (χ3n) is 1.90. The summed E-state index contributed by atoms with van der Waals surface area (Å²) < 4.78 is 1.00. The number of halogens is 1. The summed E-state index contributed by atoms with van der Waals surface area (Å²) in [5.41, 5.74) is 2.22. The molecule has 1 aliphatic heterocycles. The van der Waals surface area contributed by atoms with Crippen LogP contribution in [-0.4, -0.2) is 17.2 Å². The summed E-state index contributed by atoms with van der Waals surface area (Å²) in [6.45, 7) is 3.68. The highest BCUT2D eigenvalue weighted by atomic mass is 79.9. The van der Waals surface area contributed by atoms with E-state index in [1.165, 1.54) is 0 Å². The molecule has 1 N–H and O–H groups in total. The number of aromatic nitrogens is 1. The van der Waals surface area contributed by atoms with E-state index in [1.54, 1.807) is 6.20 Å². The van der Waals surface area contributed by atoms with E-state index in [0.29, 0.717) is 0 Å². The predicted molar refractivity (Wildman–Crippen MR) is 56.4 cm³/mol. The quantitative estimate of drug-likeness (QED) is 0.753. The second-order valence-electron chi connectivity index (χ2n) is 3.09. The van der Waals surface area contributed by atoms with Gasteiger partial charge in [0.25, 0.3) is 0 Å². The molecular weight excluding hydrogens is 230 g/mol. The number of hydrogen-bond acceptors (Lipinski definition) is 3. The van der Waals surface area contributed by atoms with Gasteiger partial charge in [0.2, 0.25) is 0 Å². The molecule has 0 saturated carbocycles. The van der Waals surface area contributed by atoms with Crippen LogP contribution in [0.25, 0.3) is 0 Å². The van der Waals surface area contributed by atoms with Crippen molar-refractivity contribution in [2.24, 2.45) is 4.99 Å². The van der Waals surface area contributed by atoms with Crippen LogP contribution in [0, 0.1) is 0 Å². The van der Waals surface area contributed by atoms with Gasteiger partial charge < -0.3 is 5.32 Å². The van der Waals surface area contributed by atoms with Gasteiger partial charge in [-0.25, -0.2) is 9.98 Å². The Labute approximate surface area is 85.4 Å². The molecule has 0 fully saturated rings. The average molecular weight is 240 g/mol. The first-order valence-electron chi connectivity index (χ1n) is 4.15. The lowest BCUT2D eigenvalue weighted by molar-refractivity contribution is 0.782. The van der Waals surface area contributed by atoms with E-state index in [0.717, 1.165) is 34.7 Å². The Morgan fingerprint density at radius 2 is 2.31 bits per heavy atom. The molecule has 2 rings (SSSR count). The zero-order chi connectivity index (χ0) is 9.26. The van der Waals surface area contributed by atoms with E-state index < -0.39 is 0 Å². The van der Waals surface area contributed by atoms with E-state index >= 15 is 0 Å². The van der Waals surface area contributed by atoms with E-state index in [-0.39, 0.29) is 0 Å². The van der Waals surface area contributed by atoms with Crippen molar-refractivity contribution in [2.45, 2.75) is 13.5 Å². The maximum atomic E-state index is 4.40. The predicted octanol–water partition coefficient (Wildman–Crippen LogP) is 2.04. The van der Waals surface area contributed by atoms with Crippen molar-refractivity contribution >= 4 is 27.5 Å². The molecule has 0 radical (unpaired) electrons. The minimum atomic E-state index is 0.836. The van der Waals surface area contributed by atoms with Gasteiger partial charge in [-0.2, -0.15) is 0 Å². The van der Waals surface area contributed by atoms with Gasteiger partial charge in [0.05, 0.1) is 0 Å². The van der Waals surface area contributed by atoms with Gasteiger partial charge >= 0.3 is 0 Å². The summed E-state index contributed by atoms with van der Waals surface area (Å²) in [6.07, 6.45) is 1.78. The highest BCUT2D eigenvalue weighted by Gasteiger charge is 2.08. The topological polar surface area (TPSA) is 37.3 Å². The minimum Gasteiger partial charge on any atom is -0.307 e. The van der Waals surface area contributed by atoms with Crippen LogP contribution in [0.15, 0.2) is 21.7 Å².